The number of fused-ring (bicyclic) bond motifs is 1. The Labute approximate surface area is 136 Å². The normalized spacial score (nSPS) is 22.6. The van der Waals surface area contributed by atoms with E-state index in [1.165, 1.54) is 16.2 Å². The molecule has 1 aromatic carbocycles. The van der Waals surface area contributed by atoms with E-state index in [9.17, 15) is 9.59 Å². The quantitative estimate of drug-likeness (QED) is 0.878. The van der Waals surface area contributed by atoms with Crippen molar-refractivity contribution in [2.24, 2.45) is 0 Å². The lowest BCUT2D eigenvalue weighted by Crippen LogP contribution is -2.40. The monoisotopic (exact) mass is 330 g/mol. The van der Waals surface area contributed by atoms with Crippen LogP contribution in [0.5, 0.6) is 11.5 Å². The van der Waals surface area contributed by atoms with Crippen molar-refractivity contribution in [1.82, 2.24) is 10.2 Å². The van der Waals surface area contributed by atoms with E-state index >= 15 is 0 Å². The number of carbonyl (C=O) groups excluding carboxylic acids is 2. The topological polar surface area (TPSA) is 67.9 Å². The van der Waals surface area contributed by atoms with Crippen molar-refractivity contribution >= 4 is 23.3 Å². The molecule has 3 amide bonds. The zero-order valence-corrected chi connectivity index (χ0v) is 13.2. The number of nitrogens with one attached hydrogen (secondary N) is 1. The van der Waals surface area contributed by atoms with Crippen LogP contribution in [0, 0.1) is 0 Å². The molecule has 0 saturated carbocycles. The number of ether oxygens (including phenoxy) is 2. The number of hydrogen-bond acceptors (Lipinski definition) is 5. The van der Waals surface area contributed by atoms with Crippen LogP contribution in [0.2, 0.25) is 0 Å². The lowest BCUT2D eigenvalue weighted by atomic mass is 10.0. The molecule has 118 valence electrons. The summed E-state index contributed by atoms with van der Waals surface area (Å²) < 4.78 is 10.6. The number of imide groups is 1. The Balaban J connectivity index is 1.60. The van der Waals surface area contributed by atoms with Crippen molar-refractivity contribution in [2.75, 3.05) is 6.79 Å². The largest absolute Gasteiger partial charge is 0.454 e. The van der Waals surface area contributed by atoms with Gasteiger partial charge in [0.2, 0.25) is 6.79 Å². The smallest absolute Gasteiger partial charge is 0.325 e. The second kappa shape index (κ2) is 4.99. The van der Waals surface area contributed by atoms with E-state index in [0.29, 0.717) is 11.5 Å². The maximum absolute atomic E-state index is 12.8. The van der Waals surface area contributed by atoms with Crippen LogP contribution in [-0.2, 0) is 16.9 Å². The lowest BCUT2D eigenvalue weighted by Gasteiger charge is -2.20. The number of rotatable bonds is 3. The Morgan fingerprint density at radius 3 is 2.87 bits per heavy atom. The average Bonchev–Trinajstić information content (AvgIpc) is 3.25. The summed E-state index contributed by atoms with van der Waals surface area (Å²) in [6.07, 6.45) is 0. The fraction of sp³-hybridized carbons (Fsp3) is 0.250. The molecule has 1 atom stereocenters. The van der Waals surface area contributed by atoms with Gasteiger partial charge in [-0.3, -0.25) is 9.69 Å². The van der Waals surface area contributed by atoms with E-state index in [1.807, 2.05) is 23.6 Å². The van der Waals surface area contributed by atoms with E-state index in [0.717, 1.165) is 10.4 Å². The van der Waals surface area contributed by atoms with E-state index < -0.39 is 5.54 Å². The number of carbonyl (C=O) groups is 2. The predicted octanol–water partition coefficient (Wildman–Crippen LogP) is 2.44. The van der Waals surface area contributed by atoms with Crippen LogP contribution in [0.1, 0.15) is 17.4 Å². The van der Waals surface area contributed by atoms with Gasteiger partial charge in [0, 0.05) is 4.88 Å². The first-order valence-corrected chi connectivity index (χ1v) is 8.02. The summed E-state index contributed by atoms with van der Waals surface area (Å²) in [7, 11) is 0. The number of urea groups is 1. The van der Waals surface area contributed by atoms with Crippen molar-refractivity contribution < 1.29 is 19.1 Å². The minimum absolute atomic E-state index is 0.193. The fourth-order valence-electron chi connectivity index (χ4n) is 2.79. The molecule has 0 unspecified atom stereocenters. The molecule has 4 rings (SSSR count). The first-order valence-electron chi connectivity index (χ1n) is 7.14. The Morgan fingerprint density at radius 2 is 2.09 bits per heavy atom. The highest BCUT2D eigenvalue weighted by atomic mass is 32.1. The van der Waals surface area contributed by atoms with Crippen LogP contribution in [0.4, 0.5) is 4.79 Å². The summed E-state index contributed by atoms with van der Waals surface area (Å²) >= 11 is 1.45. The van der Waals surface area contributed by atoms with E-state index in [4.69, 9.17) is 9.47 Å². The van der Waals surface area contributed by atoms with Crippen LogP contribution in [0.3, 0.4) is 0 Å². The van der Waals surface area contributed by atoms with Gasteiger partial charge >= 0.3 is 6.03 Å². The molecule has 0 bridgehead atoms. The summed E-state index contributed by atoms with van der Waals surface area (Å²) in [4.78, 5) is 27.1. The molecule has 2 aromatic rings. The molecule has 0 spiro atoms. The number of hydrogen-bond donors (Lipinski definition) is 1. The SMILES string of the molecule is C[C@]1(c2cccs2)NC(=O)N(Cc2ccc3c(c2)OCO3)C1=O. The first-order chi connectivity index (χ1) is 11.1. The summed E-state index contributed by atoms with van der Waals surface area (Å²) in [5.74, 6) is 1.06. The van der Waals surface area contributed by atoms with Crippen molar-refractivity contribution in [1.29, 1.82) is 0 Å². The summed E-state index contributed by atoms with van der Waals surface area (Å²) in [6.45, 7) is 2.12. The van der Waals surface area contributed by atoms with Crippen LogP contribution in [0.15, 0.2) is 35.7 Å². The second-order valence-electron chi connectivity index (χ2n) is 5.61. The zero-order chi connectivity index (χ0) is 16.0. The molecular formula is C16H14N2O4S. The molecule has 7 heteroatoms. The van der Waals surface area contributed by atoms with Crippen LogP contribution in [-0.4, -0.2) is 23.6 Å². The van der Waals surface area contributed by atoms with Crippen LogP contribution < -0.4 is 14.8 Å². The zero-order valence-electron chi connectivity index (χ0n) is 12.4. The van der Waals surface area contributed by atoms with Gasteiger partial charge in [0.25, 0.3) is 5.91 Å². The van der Waals surface area contributed by atoms with Gasteiger partial charge in [-0.1, -0.05) is 12.1 Å². The Kier molecular flexibility index (Phi) is 3.05. The van der Waals surface area contributed by atoms with Crippen molar-refractivity contribution in [2.45, 2.75) is 19.0 Å². The molecule has 2 aliphatic rings. The predicted molar refractivity (Wildman–Crippen MR) is 83.3 cm³/mol. The molecule has 1 N–H and O–H groups in total. The highest BCUT2D eigenvalue weighted by Gasteiger charge is 2.49. The molecule has 1 aromatic heterocycles. The third-order valence-electron chi connectivity index (χ3n) is 4.07. The van der Waals surface area contributed by atoms with Crippen molar-refractivity contribution in [3.05, 3.63) is 46.2 Å². The van der Waals surface area contributed by atoms with Crippen molar-refractivity contribution in [3.63, 3.8) is 0 Å². The van der Waals surface area contributed by atoms with Crippen molar-refractivity contribution in [3.8, 4) is 11.5 Å². The Bertz CT molecular complexity index is 789. The number of benzene rings is 1. The van der Waals surface area contributed by atoms with Gasteiger partial charge in [0.05, 0.1) is 6.54 Å². The maximum atomic E-state index is 12.8. The number of nitrogens with zero attached hydrogens (tertiary/aromatic N) is 1. The van der Waals surface area contributed by atoms with Gasteiger partial charge in [-0.05, 0) is 36.1 Å². The van der Waals surface area contributed by atoms with Gasteiger partial charge in [-0.25, -0.2) is 4.79 Å². The highest BCUT2D eigenvalue weighted by Crippen LogP contribution is 2.35. The minimum atomic E-state index is -0.998. The Morgan fingerprint density at radius 1 is 1.26 bits per heavy atom. The van der Waals surface area contributed by atoms with Gasteiger partial charge in [0.15, 0.2) is 17.0 Å². The maximum Gasteiger partial charge on any atom is 0.325 e. The first kappa shape index (κ1) is 14.1. The van der Waals surface area contributed by atoms with E-state index in [-0.39, 0.29) is 25.3 Å². The van der Waals surface area contributed by atoms with Crippen LogP contribution >= 0.6 is 11.3 Å². The molecule has 0 radical (unpaired) electrons. The van der Waals surface area contributed by atoms with Gasteiger partial charge in [-0.2, -0.15) is 0 Å². The standard InChI is InChI=1S/C16H14N2O4S/c1-16(13-3-2-6-23-13)14(19)18(15(20)17-16)8-10-4-5-11-12(7-10)22-9-21-11/h2-7H,8-9H2,1H3,(H,17,20)/t16-/m1/s1. The summed E-state index contributed by atoms with van der Waals surface area (Å²) in [5, 5.41) is 4.69. The number of amides is 3. The van der Waals surface area contributed by atoms with Crippen LogP contribution in [0.25, 0.3) is 0 Å². The molecule has 2 aliphatic heterocycles. The lowest BCUT2D eigenvalue weighted by molar-refractivity contribution is -0.131. The molecular weight excluding hydrogens is 316 g/mol. The number of thiophene rings is 1. The minimum Gasteiger partial charge on any atom is -0.454 e. The molecule has 1 fully saturated rings. The van der Waals surface area contributed by atoms with E-state index in [1.54, 1.807) is 19.1 Å². The average molecular weight is 330 g/mol. The summed E-state index contributed by atoms with van der Waals surface area (Å²) in [5.41, 5.74) is -0.185. The van der Waals surface area contributed by atoms with E-state index in [2.05, 4.69) is 5.32 Å². The fourth-order valence-corrected chi connectivity index (χ4v) is 3.63. The summed E-state index contributed by atoms with van der Waals surface area (Å²) in [6, 6.07) is 8.74. The second-order valence-corrected chi connectivity index (χ2v) is 6.56. The third-order valence-corrected chi connectivity index (χ3v) is 5.16. The third kappa shape index (κ3) is 2.16. The Hall–Kier alpha value is -2.54. The molecule has 23 heavy (non-hydrogen) atoms. The van der Waals surface area contributed by atoms with Gasteiger partial charge < -0.3 is 14.8 Å². The molecule has 6 nitrogen and oxygen atoms in total. The van der Waals surface area contributed by atoms with Gasteiger partial charge in [0.1, 0.15) is 0 Å². The van der Waals surface area contributed by atoms with Gasteiger partial charge in [-0.15, -0.1) is 11.3 Å². The molecule has 0 aliphatic carbocycles. The highest BCUT2D eigenvalue weighted by molar-refractivity contribution is 7.10. The molecule has 3 heterocycles. The molecule has 1 saturated heterocycles.